The van der Waals surface area contributed by atoms with Gasteiger partial charge in [0, 0.05) is 35.8 Å². The fourth-order valence-corrected chi connectivity index (χ4v) is 2.41. The van der Waals surface area contributed by atoms with Gasteiger partial charge in [-0.15, -0.1) is 0 Å². The molecule has 1 aliphatic carbocycles. The predicted octanol–water partition coefficient (Wildman–Crippen LogP) is -0.330. The number of hydrogen-bond donors (Lipinski definition) is 4. The molecule has 2 rings (SSSR count). The van der Waals surface area contributed by atoms with Gasteiger partial charge in [0.15, 0.2) is 0 Å². The SMILES string of the molecule is O=c1cc([C@H]2C[C@@H](CO)[C@H](O)C2=C(F)F)[nH]c(=O)[nH]1. The summed E-state index contributed by atoms with van der Waals surface area (Å²) in [5, 5.41) is 18.8. The molecule has 19 heavy (non-hydrogen) atoms. The Bertz CT molecular complexity index is 589. The molecule has 0 unspecified atom stereocenters. The van der Waals surface area contributed by atoms with E-state index in [0.717, 1.165) is 6.07 Å². The third-order valence-electron chi connectivity index (χ3n) is 3.29. The second-order valence-corrected chi connectivity index (χ2v) is 4.43. The summed E-state index contributed by atoms with van der Waals surface area (Å²) in [6.07, 6.45) is -3.51. The Morgan fingerprint density at radius 3 is 2.58 bits per heavy atom. The maximum Gasteiger partial charge on any atom is 0.325 e. The molecule has 6 nitrogen and oxygen atoms in total. The summed E-state index contributed by atoms with van der Waals surface area (Å²) >= 11 is 0. The van der Waals surface area contributed by atoms with Crippen molar-refractivity contribution in [2.75, 3.05) is 6.61 Å². The van der Waals surface area contributed by atoms with Crippen molar-refractivity contribution in [2.45, 2.75) is 18.4 Å². The molecule has 8 heteroatoms. The van der Waals surface area contributed by atoms with Gasteiger partial charge in [0.1, 0.15) is 0 Å². The minimum Gasteiger partial charge on any atom is -0.396 e. The van der Waals surface area contributed by atoms with Crippen LogP contribution in [0.1, 0.15) is 18.0 Å². The van der Waals surface area contributed by atoms with E-state index in [1.165, 1.54) is 0 Å². The molecule has 0 bridgehead atoms. The molecule has 0 amide bonds. The zero-order valence-corrected chi connectivity index (χ0v) is 9.69. The third kappa shape index (κ3) is 2.49. The summed E-state index contributed by atoms with van der Waals surface area (Å²) in [5.41, 5.74) is -2.06. The number of nitrogens with one attached hydrogen (secondary N) is 2. The molecule has 1 fully saturated rings. The van der Waals surface area contributed by atoms with Gasteiger partial charge in [-0.25, -0.2) is 4.79 Å². The van der Waals surface area contributed by atoms with Gasteiger partial charge in [0.25, 0.3) is 11.6 Å². The standard InChI is InChI=1S/C11H12F2N2O4/c12-10(13)8-5(1-4(3-16)9(8)18)6-2-7(17)15-11(19)14-6/h2,4-5,9,16,18H,1,3H2,(H2,14,15,17,19)/t4-,5+,9-/m0/s1. The van der Waals surface area contributed by atoms with Crippen molar-refractivity contribution >= 4 is 0 Å². The minimum absolute atomic E-state index is 0.00606. The molecule has 1 aromatic rings. The molecule has 4 N–H and O–H groups in total. The van der Waals surface area contributed by atoms with E-state index in [1.807, 2.05) is 4.98 Å². The zero-order chi connectivity index (χ0) is 14.2. The molecule has 1 aliphatic rings. The van der Waals surface area contributed by atoms with Crippen molar-refractivity contribution in [2.24, 2.45) is 5.92 Å². The number of aromatic amines is 2. The Balaban J connectivity index is 2.51. The van der Waals surface area contributed by atoms with Gasteiger partial charge in [-0.2, -0.15) is 8.78 Å². The maximum absolute atomic E-state index is 12.9. The molecule has 0 aliphatic heterocycles. The van der Waals surface area contributed by atoms with E-state index in [-0.39, 0.29) is 12.1 Å². The highest BCUT2D eigenvalue weighted by Crippen LogP contribution is 2.43. The Morgan fingerprint density at radius 1 is 1.37 bits per heavy atom. The van der Waals surface area contributed by atoms with Crippen LogP contribution in [-0.4, -0.2) is 32.9 Å². The summed E-state index contributed by atoms with van der Waals surface area (Å²) in [5.74, 6) is -1.73. The van der Waals surface area contributed by atoms with E-state index in [2.05, 4.69) is 4.98 Å². The van der Waals surface area contributed by atoms with Crippen LogP contribution in [0.5, 0.6) is 0 Å². The zero-order valence-electron chi connectivity index (χ0n) is 9.69. The first-order valence-corrected chi connectivity index (χ1v) is 5.61. The summed E-state index contributed by atoms with van der Waals surface area (Å²) in [6, 6.07) is 1.00. The van der Waals surface area contributed by atoms with Gasteiger partial charge < -0.3 is 15.2 Å². The third-order valence-corrected chi connectivity index (χ3v) is 3.29. The monoisotopic (exact) mass is 274 g/mol. The number of rotatable bonds is 2. The Hall–Kier alpha value is -1.80. The Morgan fingerprint density at radius 2 is 2.05 bits per heavy atom. The lowest BCUT2D eigenvalue weighted by Crippen LogP contribution is -2.24. The smallest absolute Gasteiger partial charge is 0.325 e. The second-order valence-electron chi connectivity index (χ2n) is 4.43. The Kier molecular flexibility index (Phi) is 3.63. The molecule has 1 aromatic heterocycles. The molecule has 1 heterocycles. The average Bonchev–Trinajstić information content (AvgIpc) is 2.65. The van der Waals surface area contributed by atoms with Crippen LogP contribution in [0, 0.1) is 5.92 Å². The highest BCUT2D eigenvalue weighted by atomic mass is 19.3. The van der Waals surface area contributed by atoms with Crippen molar-refractivity contribution in [3.8, 4) is 0 Å². The van der Waals surface area contributed by atoms with E-state index in [1.54, 1.807) is 0 Å². The van der Waals surface area contributed by atoms with Crippen LogP contribution in [0.25, 0.3) is 0 Å². The molecule has 0 saturated heterocycles. The minimum atomic E-state index is -2.06. The van der Waals surface area contributed by atoms with E-state index < -0.39 is 47.4 Å². The van der Waals surface area contributed by atoms with Crippen molar-refractivity contribution in [3.05, 3.63) is 44.3 Å². The van der Waals surface area contributed by atoms with Crippen molar-refractivity contribution in [3.63, 3.8) is 0 Å². The Labute approximate surface area is 105 Å². The quantitative estimate of drug-likeness (QED) is 0.592. The van der Waals surface area contributed by atoms with Gasteiger partial charge in [-0.1, -0.05) is 0 Å². The van der Waals surface area contributed by atoms with Gasteiger partial charge in [-0.05, 0) is 6.42 Å². The first-order chi connectivity index (χ1) is 8.93. The molecular formula is C11H12F2N2O4. The lowest BCUT2D eigenvalue weighted by atomic mass is 9.98. The summed E-state index contributed by atoms with van der Waals surface area (Å²) in [7, 11) is 0. The summed E-state index contributed by atoms with van der Waals surface area (Å²) in [6.45, 7) is -0.456. The average molecular weight is 274 g/mol. The van der Waals surface area contributed by atoms with E-state index in [0.29, 0.717) is 0 Å². The first kappa shape index (κ1) is 13.6. The molecule has 0 radical (unpaired) electrons. The van der Waals surface area contributed by atoms with Crippen LogP contribution in [-0.2, 0) is 0 Å². The van der Waals surface area contributed by atoms with Gasteiger partial charge in [0.05, 0.1) is 6.10 Å². The number of aliphatic hydroxyl groups is 2. The normalized spacial score (nSPS) is 26.7. The van der Waals surface area contributed by atoms with Gasteiger partial charge in [-0.3, -0.25) is 9.78 Å². The number of aromatic nitrogens is 2. The van der Waals surface area contributed by atoms with E-state index in [4.69, 9.17) is 5.11 Å². The lowest BCUT2D eigenvalue weighted by molar-refractivity contribution is 0.108. The van der Waals surface area contributed by atoms with Crippen LogP contribution < -0.4 is 11.2 Å². The van der Waals surface area contributed by atoms with Crippen LogP contribution >= 0.6 is 0 Å². The largest absolute Gasteiger partial charge is 0.396 e. The van der Waals surface area contributed by atoms with E-state index >= 15 is 0 Å². The molecule has 104 valence electrons. The fourth-order valence-electron chi connectivity index (χ4n) is 2.41. The number of halogens is 2. The highest BCUT2D eigenvalue weighted by molar-refractivity contribution is 5.31. The van der Waals surface area contributed by atoms with Gasteiger partial charge in [0.2, 0.25) is 0 Å². The molecule has 1 saturated carbocycles. The lowest BCUT2D eigenvalue weighted by Gasteiger charge is -2.12. The number of H-pyrrole nitrogens is 2. The fraction of sp³-hybridized carbons (Fsp3) is 0.455. The van der Waals surface area contributed by atoms with Crippen LogP contribution in [0.2, 0.25) is 0 Å². The highest BCUT2D eigenvalue weighted by Gasteiger charge is 2.41. The number of aliphatic hydroxyl groups excluding tert-OH is 2. The molecule has 3 atom stereocenters. The van der Waals surface area contributed by atoms with Crippen LogP contribution in [0.4, 0.5) is 8.78 Å². The predicted molar refractivity (Wildman–Crippen MR) is 60.9 cm³/mol. The van der Waals surface area contributed by atoms with Crippen LogP contribution in [0.15, 0.2) is 27.3 Å². The second kappa shape index (κ2) is 5.06. The molecule has 0 aromatic carbocycles. The van der Waals surface area contributed by atoms with Crippen molar-refractivity contribution < 1.29 is 19.0 Å². The summed E-state index contributed by atoms with van der Waals surface area (Å²) in [4.78, 5) is 26.5. The topological polar surface area (TPSA) is 106 Å². The molecular weight excluding hydrogens is 262 g/mol. The van der Waals surface area contributed by atoms with Crippen LogP contribution in [0.3, 0.4) is 0 Å². The summed E-state index contributed by atoms with van der Waals surface area (Å²) < 4.78 is 25.8. The maximum atomic E-state index is 12.9. The van der Waals surface area contributed by atoms with Gasteiger partial charge >= 0.3 is 5.69 Å². The first-order valence-electron chi connectivity index (χ1n) is 5.61. The van der Waals surface area contributed by atoms with Crippen molar-refractivity contribution in [1.82, 2.24) is 9.97 Å². The van der Waals surface area contributed by atoms with E-state index in [9.17, 15) is 23.5 Å². The van der Waals surface area contributed by atoms with Crippen molar-refractivity contribution in [1.29, 1.82) is 0 Å². The number of hydrogen-bond acceptors (Lipinski definition) is 4. The molecule has 0 spiro atoms.